The molecule has 6 heteroatoms. The zero-order chi connectivity index (χ0) is 19.4. The standard InChI is InChI=1S/C20H21F5N/c1-5-15-19(4,6-2)12-10-13(21)17(20(23,24)25)18(22)16(12)14-9-11(3)7-8-26(14)15/h7-10,15H,5-6H2,1-4H3/q+1. The Morgan fingerprint density at radius 3 is 2.35 bits per heavy atom. The van der Waals surface area contributed by atoms with Crippen LogP contribution in [-0.4, -0.2) is 0 Å². The van der Waals surface area contributed by atoms with Gasteiger partial charge in [0, 0.05) is 18.6 Å². The summed E-state index contributed by atoms with van der Waals surface area (Å²) in [6.45, 7) is 7.51. The number of hydrogen-bond donors (Lipinski definition) is 0. The zero-order valence-corrected chi connectivity index (χ0v) is 15.1. The van der Waals surface area contributed by atoms with Crippen molar-refractivity contribution in [2.24, 2.45) is 0 Å². The summed E-state index contributed by atoms with van der Waals surface area (Å²) in [5.41, 5.74) is -1.17. The number of nitrogens with zero attached hydrogens (tertiary/aromatic N) is 1. The second-order valence-electron chi connectivity index (χ2n) is 7.16. The van der Waals surface area contributed by atoms with E-state index in [4.69, 9.17) is 0 Å². The van der Waals surface area contributed by atoms with Gasteiger partial charge in [-0.25, -0.2) is 8.78 Å². The number of hydrogen-bond acceptors (Lipinski definition) is 0. The lowest BCUT2D eigenvalue weighted by atomic mass is 9.67. The molecule has 0 bridgehead atoms. The van der Waals surface area contributed by atoms with Crippen molar-refractivity contribution >= 4 is 0 Å². The first-order valence-corrected chi connectivity index (χ1v) is 8.68. The van der Waals surface area contributed by atoms with Crippen LogP contribution in [0.15, 0.2) is 24.4 Å². The first kappa shape index (κ1) is 18.8. The van der Waals surface area contributed by atoms with Crippen LogP contribution < -0.4 is 4.57 Å². The minimum Gasteiger partial charge on any atom is -0.206 e. The maximum Gasteiger partial charge on any atom is 0.422 e. The monoisotopic (exact) mass is 370 g/mol. The summed E-state index contributed by atoms with van der Waals surface area (Å²) in [7, 11) is 0. The molecule has 0 aliphatic carbocycles. The van der Waals surface area contributed by atoms with Crippen molar-refractivity contribution in [3.63, 3.8) is 0 Å². The molecule has 2 unspecified atom stereocenters. The Bertz CT molecular complexity index is 871. The second kappa shape index (κ2) is 6.03. The Morgan fingerprint density at radius 2 is 1.81 bits per heavy atom. The lowest BCUT2D eigenvalue weighted by molar-refractivity contribution is -0.724. The van der Waals surface area contributed by atoms with Crippen LogP contribution in [0.4, 0.5) is 22.0 Å². The summed E-state index contributed by atoms with van der Waals surface area (Å²) >= 11 is 0. The summed E-state index contributed by atoms with van der Waals surface area (Å²) in [5, 5.41) is 0. The lowest BCUT2D eigenvalue weighted by Gasteiger charge is -2.39. The normalized spacial score (nSPS) is 22.1. The van der Waals surface area contributed by atoms with Crippen molar-refractivity contribution in [3.8, 4) is 11.3 Å². The molecule has 26 heavy (non-hydrogen) atoms. The Morgan fingerprint density at radius 1 is 1.15 bits per heavy atom. The van der Waals surface area contributed by atoms with Crippen molar-refractivity contribution in [1.82, 2.24) is 0 Å². The number of benzene rings is 1. The molecule has 0 fully saturated rings. The van der Waals surface area contributed by atoms with Crippen LogP contribution in [0.25, 0.3) is 11.3 Å². The smallest absolute Gasteiger partial charge is 0.206 e. The number of alkyl halides is 3. The van der Waals surface area contributed by atoms with E-state index in [9.17, 15) is 17.6 Å². The van der Waals surface area contributed by atoms with Gasteiger partial charge in [-0.3, -0.25) is 0 Å². The molecule has 2 heterocycles. The van der Waals surface area contributed by atoms with Gasteiger partial charge in [0.2, 0.25) is 5.69 Å². The van der Waals surface area contributed by atoms with Crippen LogP contribution in [0.3, 0.4) is 0 Å². The molecule has 1 aliphatic heterocycles. The molecular formula is C20H21F5N+. The zero-order valence-electron chi connectivity index (χ0n) is 15.1. The van der Waals surface area contributed by atoms with Gasteiger partial charge >= 0.3 is 6.18 Å². The van der Waals surface area contributed by atoms with E-state index in [1.807, 2.05) is 31.4 Å². The average Bonchev–Trinajstić information content (AvgIpc) is 2.54. The maximum atomic E-state index is 15.1. The highest BCUT2D eigenvalue weighted by Crippen LogP contribution is 2.49. The molecule has 0 saturated heterocycles. The van der Waals surface area contributed by atoms with Gasteiger partial charge in [0.15, 0.2) is 18.1 Å². The van der Waals surface area contributed by atoms with E-state index < -0.39 is 28.8 Å². The highest BCUT2D eigenvalue weighted by Gasteiger charge is 2.51. The molecule has 1 nitrogen and oxygen atoms in total. The predicted molar refractivity (Wildman–Crippen MR) is 88.7 cm³/mol. The highest BCUT2D eigenvalue weighted by molar-refractivity contribution is 5.68. The largest absolute Gasteiger partial charge is 0.422 e. The molecular weight excluding hydrogens is 349 g/mol. The molecule has 0 radical (unpaired) electrons. The number of aryl methyl sites for hydroxylation is 1. The second-order valence-corrected chi connectivity index (χ2v) is 7.16. The molecule has 0 N–H and O–H groups in total. The molecule has 0 spiro atoms. The van der Waals surface area contributed by atoms with E-state index in [1.54, 1.807) is 19.2 Å². The van der Waals surface area contributed by atoms with Crippen LogP contribution in [0.5, 0.6) is 0 Å². The number of aromatic nitrogens is 1. The minimum atomic E-state index is -5.10. The molecule has 2 atom stereocenters. The van der Waals surface area contributed by atoms with Crippen molar-refractivity contribution in [2.45, 2.75) is 58.2 Å². The first-order valence-electron chi connectivity index (χ1n) is 8.68. The van der Waals surface area contributed by atoms with Crippen LogP contribution in [0.2, 0.25) is 0 Å². The molecule has 2 aromatic rings. The third-order valence-corrected chi connectivity index (χ3v) is 5.71. The van der Waals surface area contributed by atoms with Gasteiger partial charge < -0.3 is 0 Å². The van der Waals surface area contributed by atoms with Gasteiger partial charge in [-0.1, -0.05) is 13.8 Å². The Labute approximate surface area is 149 Å². The summed E-state index contributed by atoms with van der Waals surface area (Å²) in [6.07, 6.45) is -2.08. The first-order chi connectivity index (χ1) is 12.1. The van der Waals surface area contributed by atoms with Gasteiger partial charge in [-0.05, 0) is 37.5 Å². The fourth-order valence-electron chi connectivity index (χ4n) is 4.23. The average molecular weight is 370 g/mol. The van der Waals surface area contributed by atoms with Gasteiger partial charge in [0.1, 0.15) is 11.4 Å². The minimum absolute atomic E-state index is 0.105. The van der Waals surface area contributed by atoms with Gasteiger partial charge in [0.25, 0.3) is 0 Å². The van der Waals surface area contributed by atoms with Crippen LogP contribution in [0, 0.1) is 18.6 Å². The molecule has 0 saturated carbocycles. The molecule has 0 amide bonds. The summed E-state index contributed by atoms with van der Waals surface area (Å²) < 4.78 is 71.0. The fourth-order valence-corrected chi connectivity index (χ4v) is 4.23. The van der Waals surface area contributed by atoms with Crippen molar-refractivity contribution in [3.05, 3.63) is 52.7 Å². The van der Waals surface area contributed by atoms with Gasteiger partial charge in [-0.2, -0.15) is 17.7 Å². The molecule has 1 aromatic heterocycles. The van der Waals surface area contributed by atoms with Crippen LogP contribution in [0.1, 0.15) is 56.3 Å². The Balaban J connectivity index is 2.49. The van der Waals surface area contributed by atoms with Crippen molar-refractivity contribution < 1.29 is 26.5 Å². The summed E-state index contributed by atoms with van der Waals surface area (Å²) in [6, 6.07) is 4.29. The quantitative estimate of drug-likeness (QED) is 0.459. The Kier molecular flexibility index (Phi) is 4.36. The molecule has 1 aromatic carbocycles. The van der Waals surface area contributed by atoms with E-state index in [0.717, 1.165) is 11.6 Å². The topological polar surface area (TPSA) is 3.88 Å². The van der Waals surface area contributed by atoms with Crippen LogP contribution >= 0.6 is 0 Å². The number of pyridine rings is 1. The predicted octanol–water partition coefficient (Wildman–Crippen LogP) is 5.88. The Hall–Kier alpha value is -1.98. The maximum absolute atomic E-state index is 15.1. The fraction of sp³-hybridized carbons (Fsp3) is 0.450. The SMILES string of the molecule is CCC1[n+]2ccc(C)cc2-c2c(cc(F)c(C(F)(F)F)c2F)C1(C)CC. The van der Waals surface area contributed by atoms with Crippen molar-refractivity contribution in [1.29, 1.82) is 0 Å². The van der Waals surface area contributed by atoms with Crippen molar-refractivity contribution in [2.75, 3.05) is 0 Å². The molecule has 1 aliphatic rings. The van der Waals surface area contributed by atoms with E-state index in [2.05, 4.69) is 0 Å². The van der Waals surface area contributed by atoms with E-state index in [-0.39, 0.29) is 11.6 Å². The summed E-state index contributed by atoms with van der Waals surface area (Å²) in [4.78, 5) is 0. The van der Waals surface area contributed by atoms with E-state index in [1.165, 1.54) is 0 Å². The number of fused-ring (bicyclic) bond motifs is 3. The van der Waals surface area contributed by atoms with Crippen LogP contribution in [-0.2, 0) is 11.6 Å². The number of rotatable bonds is 2. The lowest BCUT2D eigenvalue weighted by Crippen LogP contribution is -2.54. The van der Waals surface area contributed by atoms with Gasteiger partial charge in [-0.15, -0.1) is 0 Å². The van der Waals surface area contributed by atoms with E-state index >= 15 is 4.39 Å². The third kappa shape index (κ3) is 2.53. The number of halogens is 5. The molecule has 3 rings (SSSR count). The van der Waals surface area contributed by atoms with E-state index in [0.29, 0.717) is 24.1 Å². The molecule has 140 valence electrons. The van der Waals surface area contributed by atoms with Gasteiger partial charge in [0.05, 0.1) is 11.0 Å². The highest BCUT2D eigenvalue weighted by atomic mass is 19.4. The third-order valence-electron chi connectivity index (χ3n) is 5.71. The summed E-state index contributed by atoms with van der Waals surface area (Å²) in [5.74, 6) is -3.08.